The molecule has 11 heavy (non-hydrogen) atoms. The third-order valence-electron chi connectivity index (χ3n) is 0.554. The van der Waals surface area contributed by atoms with Crippen molar-refractivity contribution in [2.24, 2.45) is 0 Å². The van der Waals surface area contributed by atoms with Crippen molar-refractivity contribution < 1.29 is 16.8 Å². The molecule has 0 aliphatic heterocycles. The Morgan fingerprint density at radius 2 is 1.55 bits per heavy atom. The Bertz CT molecular complexity index is 338. The molecule has 0 aliphatic rings. The van der Waals surface area contributed by atoms with Gasteiger partial charge >= 0.3 is 0 Å². The third-order valence-corrected chi connectivity index (χ3v) is 2.35. The second kappa shape index (κ2) is 3.75. The largest absolute Gasteiger partial charge is 0.254 e. The molecular formula is C3H4Cl2O4S2. The van der Waals surface area contributed by atoms with E-state index < -0.39 is 23.9 Å². The summed E-state index contributed by atoms with van der Waals surface area (Å²) in [6.45, 7) is 0. The molecule has 0 N–H and O–H groups in total. The standard InChI is InChI=1S/C3H4Cl2O4S2/c4-10(6,7)2-1-3-11(5,8)9/h1-2H,3H2. The number of halogens is 2. The van der Waals surface area contributed by atoms with Crippen LogP contribution in [0.15, 0.2) is 11.5 Å². The van der Waals surface area contributed by atoms with Crippen LogP contribution in [-0.2, 0) is 18.1 Å². The van der Waals surface area contributed by atoms with E-state index in [9.17, 15) is 16.8 Å². The molecule has 0 radical (unpaired) electrons. The minimum absolute atomic E-state index is 0.555. The Kier molecular flexibility index (Phi) is 3.83. The summed E-state index contributed by atoms with van der Waals surface area (Å²) in [5.74, 6) is -0.555. The quantitative estimate of drug-likeness (QED) is 0.677. The highest BCUT2D eigenvalue weighted by Crippen LogP contribution is 2.01. The van der Waals surface area contributed by atoms with Crippen LogP contribution in [-0.4, -0.2) is 22.6 Å². The van der Waals surface area contributed by atoms with Gasteiger partial charge in [0.2, 0.25) is 9.05 Å². The van der Waals surface area contributed by atoms with Crippen molar-refractivity contribution >= 4 is 39.5 Å². The van der Waals surface area contributed by atoms with Gasteiger partial charge < -0.3 is 0 Å². The molecule has 0 fully saturated rings. The Labute approximate surface area is 73.6 Å². The lowest BCUT2D eigenvalue weighted by molar-refractivity contribution is 0.612. The van der Waals surface area contributed by atoms with E-state index in [4.69, 9.17) is 21.4 Å². The van der Waals surface area contributed by atoms with Gasteiger partial charge in [-0.2, -0.15) is 0 Å². The lowest BCUT2D eigenvalue weighted by Crippen LogP contribution is -1.93. The van der Waals surface area contributed by atoms with Crippen LogP contribution >= 0.6 is 21.4 Å². The summed E-state index contributed by atoms with van der Waals surface area (Å²) in [6, 6.07) is 0. The lowest BCUT2D eigenvalue weighted by Gasteiger charge is -1.84. The molecule has 0 saturated heterocycles. The molecule has 4 nitrogen and oxygen atoms in total. The Morgan fingerprint density at radius 3 is 1.82 bits per heavy atom. The van der Waals surface area contributed by atoms with Gasteiger partial charge in [0.05, 0.1) is 5.75 Å². The fourth-order valence-corrected chi connectivity index (χ4v) is 1.48. The van der Waals surface area contributed by atoms with Gasteiger partial charge in [-0.25, -0.2) is 16.8 Å². The van der Waals surface area contributed by atoms with Gasteiger partial charge in [-0.05, 0) is 0 Å². The van der Waals surface area contributed by atoms with Crippen molar-refractivity contribution in [1.29, 1.82) is 0 Å². The van der Waals surface area contributed by atoms with Crippen molar-refractivity contribution in [1.82, 2.24) is 0 Å². The van der Waals surface area contributed by atoms with E-state index in [1.807, 2.05) is 0 Å². The minimum Gasteiger partial charge on any atom is -0.212 e. The predicted octanol–water partition coefficient (Wildman–Crippen LogP) is 0.637. The van der Waals surface area contributed by atoms with Crippen molar-refractivity contribution in [2.75, 3.05) is 5.75 Å². The maximum Gasteiger partial charge on any atom is 0.254 e. The van der Waals surface area contributed by atoms with Gasteiger partial charge in [0.25, 0.3) is 9.05 Å². The summed E-state index contributed by atoms with van der Waals surface area (Å²) in [5, 5.41) is 0.564. The molecule has 0 aromatic rings. The smallest absolute Gasteiger partial charge is 0.212 e. The van der Waals surface area contributed by atoms with Crippen LogP contribution in [0, 0.1) is 0 Å². The van der Waals surface area contributed by atoms with Crippen LogP contribution in [0.1, 0.15) is 0 Å². The minimum atomic E-state index is -3.78. The zero-order valence-corrected chi connectivity index (χ0v) is 8.21. The Morgan fingerprint density at radius 1 is 1.09 bits per heavy atom. The van der Waals surface area contributed by atoms with Crippen LogP contribution in [0.4, 0.5) is 0 Å². The summed E-state index contributed by atoms with van der Waals surface area (Å²) in [7, 11) is 1.99. The molecule has 8 heteroatoms. The molecule has 0 aromatic heterocycles. The topological polar surface area (TPSA) is 68.3 Å². The lowest BCUT2D eigenvalue weighted by atomic mass is 10.8. The summed E-state index contributed by atoms with van der Waals surface area (Å²) in [4.78, 5) is 0. The first kappa shape index (κ1) is 11.2. The molecule has 0 unspecified atom stereocenters. The van der Waals surface area contributed by atoms with E-state index in [0.717, 1.165) is 6.08 Å². The van der Waals surface area contributed by atoms with Gasteiger partial charge in [-0.15, -0.1) is 0 Å². The first-order chi connectivity index (χ1) is 4.71. The van der Waals surface area contributed by atoms with E-state index in [2.05, 4.69) is 0 Å². The zero-order chi connectivity index (χ0) is 9.12. The van der Waals surface area contributed by atoms with Crippen LogP contribution in [0.25, 0.3) is 0 Å². The fourth-order valence-electron chi connectivity index (χ4n) is 0.269. The summed E-state index contributed by atoms with van der Waals surface area (Å²) in [6.07, 6.45) is 0.852. The van der Waals surface area contributed by atoms with Crippen molar-refractivity contribution in [3.63, 3.8) is 0 Å². The highest BCUT2D eigenvalue weighted by atomic mass is 35.7. The monoisotopic (exact) mass is 238 g/mol. The molecule has 0 saturated carbocycles. The molecule has 0 aliphatic carbocycles. The molecule has 0 amide bonds. The van der Waals surface area contributed by atoms with Gasteiger partial charge in [0.1, 0.15) is 0 Å². The van der Waals surface area contributed by atoms with Gasteiger partial charge in [-0.1, -0.05) is 6.08 Å². The molecule has 0 aromatic carbocycles. The van der Waals surface area contributed by atoms with E-state index in [-0.39, 0.29) is 0 Å². The fraction of sp³-hybridized carbons (Fsp3) is 0.333. The maximum atomic E-state index is 10.2. The second-order valence-corrected chi connectivity index (χ2v) is 6.89. The zero-order valence-electron chi connectivity index (χ0n) is 5.07. The Hall–Kier alpha value is 0.220. The number of hydrogen-bond acceptors (Lipinski definition) is 4. The molecule has 0 bridgehead atoms. The van der Waals surface area contributed by atoms with E-state index in [1.54, 1.807) is 0 Å². The average molecular weight is 239 g/mol. The molecule has 0 heterocycles. The number of rotatable bonds is 3. The molecule has 0 spiro atoms. The first-order valence-corrected chi connectivity index (χ1v) is 7.09. The van der Waals surface area contributed by atoms with Gasteiger partial charge in [0.15, 0.2) is 0 Å². The molecule has 0 rings (SSSR count). The van der Waals surface area contributed by atoms with Gasteiger partial charge in [-0.3, -0.25) is 0 Å². The van der Waals surface area contributed by atoms with E-state index >= 15 is 0 Å². The Balaban J connectivity index is 4.23. The van der Waals surface area contributed by atoms with Crippen molar-refractivity contribution in [2.45, 2.75) is 0 Å². The molecule has 0 atom stereocenters. The second-order valence-electron chi connectivity index (χ2n) is 1.55. The van der Waals surface area contributed by atoms with E-state index in [1.165, 1.54) is 0 Å². The number of hydrogen-bond donors (Lipinski definition) is 0. The average Bonchev–Trinajstić information content (AvgIpc) is 1.55. The third kappa shape index (κ3) is 10.2. The van der Waals surface area contributed by atoms with Crippen molar-refractivity contribution in [3.8, 4) is 0 Å². The normalized spacial score (nSPS) is 14.0. The van der Waals surface area contributed by atoms with Gasteiger partial charge in [0, 0.05) is 26.8 Å². The van der Waals surface area contributed by atoms with Crippen molar-refractivity contribution in [3.05, 3.63) is 11.5 Å². The summed E-state index contributed by atoms with van der Waals surface area (Å²) >= 11 is 0. The first-order valence-electron chi connectivity index (χ1n) is 2.24. The predicted molar refractivity (Wildman–Crippen MR) is 43.6 cm³/mol. The molecular weight excluding hydrogens is 235 g/mol. The summed E-state index contributed by atoms with van der Waals surface area (Å²) < 4.78 is 40.7. The molecule has 66 valence electrons. The van der Waals surface area contributed by atoms with Crippen LogP contribution < -0.4 is 0 Å². The van der Waals surface area contributed by atoms with Crippen LogP contribution in [0.3, 0.4) is 0 Å². The maximum absolute atomic E-state index is 10.2. The highest BCUT2D eigenvalue weighted by molar-refractivity contribution is 8.16. The SMILES string of the molecule is O=S(=O)(Cl)C=CCS(=O)(=O)Cl. The van der Waals surface area contributed by atoms with Crippen LogP contribution in [0.2, 0.25) is 0 Å². The highest BCUT2D eigenvalue weighted by Gasteiger charge is 2.02. The summed E-state index contributed by atoms with van der Waals surface area (Å²) in [5.41, 5.74) is 0. The van der Waals surface area contributed by atoms with E-state index in [0.29, 0.717) is 5.41 Å². The van der Waals surface area contributed by atoms with Crippen LogP contribution in [0.5, 0.6) is 0 Å².